The lowest BCUT2D eigenvalue weighted by Gasteiger charge is -2.10. The fourth-order valence-electron chi connectivity index (χ4n) is 2.75. The first-order valence-electron chi connectivity index (χ1n) is 9.00. The molecular weight excluding hydrogens is 410 g/mol. The molecule has 0 saturated carbocycles. The van der Waals surface area contributed by atoms with Crippen molar-refractivity contribution in [3.8, 4) is 11.6 Å². The Hall–Kier alpha value is -3.79. The summed E-state index contributed by atoms with van der Waals surface area (Å²) < 4.78 is 6.60. The van der Waals surface area contributed by atoms with Crippen LogP contribution in [0.15, 0.2) is 58.2 Å². The van der Waals surface area contributed by atoms with Crippen LogP contribution < -0.4 is 10.9 Å². The minimum absolute atomic E-state index is 0.127. The van der Waals surface area contributed by atoms with Crippen LogP contribution in [0.5, 0.6) is 0 Å². The number of carbonyl (C=O) groups excluding carboxylic acids is 1. The molecule has 0 saturated heterocycles. The van der Waals surface area contributed by atoms with E-state index in [0.29, 0.717) is 29.0 Å². The Balaban J connectivity index is 1.37. The van der Waals surface area contributed by atoms with Crippen LogP contribution in [0.4, 0.5) is 5.69 Å². The predicted molar refractivity (Wildman–Crippen MR) is 108 cm³/mol. The number of carbonyl (C=O) groups is 1. The third-order valence-electron chi connectivity index (χ3n) is 4.23. The molecule has 3 aromatic heterocycles. The molecule has 0 aliphatic rings. The molecular formula is C19H16ClN7O3. The second-order valence-electron chi connectivity index (χ2n) is 6.37. The molecule has 10 nitrogen and oxygen atoms in total. The van der Waals surface area contributed by atoms with E-state index in [0.717, 1.165) is 5.56 Å². The second kappa shape index (κ2) is 8.70. The number of aryl methyl sites for hydroxylation is 1. The molecule has 152 valence electrons. The molecule has 11 heteroatoms. The normalized spacial score (nSPS) is 10.8. The van der Waals surface area contributed by atoms with Gasteiger partial charge >= 0.3 is 0 Å². The predicted octanol–water partition coefficient (Wildman–Crippen LogP) is 2.29. The van der Waals surface area contributed by atoms with Gasteiger partial charge in [-0.3, -0.25) is 14.7 Å². The Morgan fingerprint density at radius 3 is 2.90 bits per heavy atom. The summed E-state index contributed by atoms with van der Waals surface area (Å²) in [5.74, 6) is 0.711. The van der Waals surface area contributed by atoms with Crippen LogP contribution in [0.1, 0.15) is 17.9 Å². The van der Waals surface area contributed by atoms with E-state index in [-0.39, 0.29) is 30.1 Å². The number of benzene rings is 1. The summed E-state index contributed by atoms with van der Waals surface area (Å²) >= 11 is 6.17. The summed E-state index contributed by atoms with van der Waals surface area (Å²) in [4.78, 5) is 32.5. The zero-order valence-corrected chi connectivity index (χ0v) is 16.3. The topological polar surface area (TPSA) is 132 Å². The van der Waals surface area contributed by atoms with Gasteiger partial charge < -0.3 is 14.4 Å². The third kappa shape index (κ3) is 4.61. The average Bonchev–Trinajstić information content (AvgIpc) is 3.42. The van der Waals surface area contributed by atoms with Gasteiger partial charge in [-0.1, -0.05) is 35.0 Å². The monoisotopic (exact) mass is 425 g/mol. The van der Waals surface area contributed by atoms with E-state index >= 15 is 0 Å². The number of hydrogen-bond donors (Lipinski definition) is 2. The van der Waals surface area contributed by atoms with Crippen molar-refractivity contribution in [1.82, 2.24) is 29.9 Å². The van der Waals surface area contributed by atoms with E-state index < -0.39 is 0 Å². The van der Waals surface area contributed by atoms with Crippen LogP contribution in [-0.4, -0.2) is 35.8 Å². The Bertz CT molecular complexity index is 1220. The lowest BCUT2D eigenvalue weighted by molar-refractivity contribution is -0.116. The zero-order chi connectivity index (χ0) is 20.9. The highest BCUT2D eigenvalue weighted by Gasteiger charge is 2.13. The van der Waals surface area contributed by atoms with Crippen molar-refractivity contribution in [2.24, 2.45) is 0 Å². The molecule has 2 N–H and O–H groups in total. The molecule has 0 unspecified atom stereocenters. The van der Waals surface area contributed by atoms with Crippen LogP contribution in [0.25, 0.3) is 11.6 Å². The van der Waals surface area contributed by atoms with Crippen molar-refractivity contribution in [1.29, 1.82) is 0 Å². The highest BCUT2D eigenvalue weighted by molar-refractivity contribution is 6.31. The smallest absolute Gasteiger partial charge is 0.250 e. The number of aromatic amines is 1. The van der Waals surface area contributed by atoms with Gasteiger partial charge in [0.05, 0.1) is 12.2 Å². The van der Waals surface area contributed by atoms with Gasteiger partial charge in [0.1, 0.15) is 6.33 Å². The molecule has 1 amide bonds. The van der Waals surface area contributed by atoms with Crippen LogP contribution in [0.2, 0.25) is 5.02 Å². The highest BCUT2D eigenvalue weighted by Crippen LogP contribution is 2.16. The van der Waals surface area contributed by atoms with Crippen molar-refractivity contribution in [3.05, 3.63) is 75.8 Å². The lowest BCUT2D eigenvalue weighted by Crippen LogP contribution is -2.21. The maximum Gasteiger partial charge on any atom is 0.250 e. The van der Waals surface area contributed by atoms with Gasteiger partial charge in [0, 0.05) is 30.1 Å². The van der Waals surface area contributed by atoms with Crippen molar-refractivity contribution >= 4 is 23.2 Å². The maximum absolute atomic E-state index is 12.3. The summed E-state index contributed by atoms with van der Waals surface area (Å²) in [6.45, 7) is 0.300. The van der Waals surface area contributed by atoms with Gasteiger partial charge in [0.2, 0.25) is 17.6 Å². The Morgan fingerprint density at radius 1 is 1.23 bits per heavy atom. The molecule has 0 aliphatic heterocycles. The number of aromatic nitrogens is 6. The van der Waals surface area contributed by atoms with Gasteiger partial charge in [-0.25, -0.2) is 4.98 Å². The van der Waals surface area contributed by atoms with E-state index in [1.807, 2.05) is 18.2 Å². The fraction of sp³-hybridized carbons (Fsp3) is 0.158. The van der Waals surface area contributed by atoms with Gasteiger partial charge in [-0.15, -0.1) is 0 Å². The van der Waals surface area contributed by atoms with Crippen LogP contribution in [0.3, 0.4) is 0 Å². The molecule has 4 rings (SSSR count). The van der Waals surface area contributed by atoms with E-state index in [9.17, 15) is 9.59 Å². The summed E-state index contributed by atoms with van der Waals surface area (Å²) in [5.41, 5.74) is 1.11. The molecule has 0 aliphatic carbocycles. The first-order chi connectivity index (χ1) is 14.6. The molecule has 4 aromatic rings. The first-order valence-corrected chi connectivity index (χ1v) is 9.38. The number of halogens is 1. The first kappa shape index (κ1) is 19.5. The largest absolute Gasteiger partial charge is 0.339 e. The molecule has 3 heterocycles. The van der Waals surface area contributed by atoms with Crippen molar-refractivity contribution in [3.63, 3.8) is 0 Å². The van der Waals surface area contributed by atoms with E-state index in [2.05, 4.69) is 30.6 Å². The average molecular weight is 426 g/mol. The zero-order valence-electron chi connectivity index (χ0n) is 15.6. The Morgan fingerprint density at radius 2 is 2.10 bits per heavy atom. The number of rotatable bonds is 7. The standard InChI is InChI=1S/C19H16ClN7O3/c20-14-4-2-1-3-12(14)9-27-10-13(5-8-17(27)29)23-15(28)6-7-16-24-19(26-30-16)18-21-11-22-25-18/h1-5,8,10-11H,6-7,9H2,(H,23,28)(H,21,22,25). The number of anilines is 1. The number of pyridine rings is 1. The fourth-order valence-corrected chi connectivity index (χ4v) is 2.94. The van der Waals surface area contributed by atoms with Crippen molar-refractivity contribution in [2.75, 3.05) is 5.32 Å². The molecule has 1 aromatic carbocycles. The van der Waals surface area contributed by atoms with Crippen molar-refractivity contribution in [2.45, 2.75) is 19.4 Å². The number of nitrogens with zero attached hydrogens (tertiary/aromatic N) is 5. The summed E-state index contributed by atoms with van der Waals surface area (Å²) in [6, 6.07) is 10.2. The molecule has 0 radical (unpaired) electrons. The summed E-state index contributed by atoms with van der Waals surface area (Å²) in [6.07, 6.45) is 3.30. The Labute approximate surface area is 174 Å². The molecule has 0 bridgehead atoms. The molecule has 30 heavy (non-hydrogen) atoms. The molecule has 0 atom stereocenters. The highest BCUT2D eigenvalue weighted by atomic mass is 35.5. The third-order valence-corrected chi connectivity index (χ3v) is 4.60. The minimum atomic E-state index is -0.252. The minimum Gasteiger partial charge on any atom is -0.339 e. The van der Waals surface area contributed by atoms with Gasteiger partial charge in [0.25, 0.3) is 5.56 Å². The second-order valence-corrected chi connectivity index (χ2v) is 6.78. The van der Waals surface area contributed by atoms with E-state index in [1.165, 1.54) is 17.0 Å². The molecule has 0 spiro atoms. The SMILES string of the molecule is O=C(CCc1nc(-c2ncn[nH]2)no1)Nc1ccc(=O)n(Cc2ccccc2Cl)c1. The maximum atomic E-state index is 12.3. The molecule has 0 fully saturated rings. The van der Waals surface area contributed by atoms with Crippen LogP contribution in [-0.2, 0) is 17.8 Å². The number of nitrogens with one attached hydrogen (secondary N) is 2. The summed E-state index contributed by atoms with van der Waals surface area (Å²) in [7, 11) is 0. The van der Waals surface area contributed by atoms with Crippen LogP contribution in [0, 0.1) is 0 Å². The van der Waals surface area contributed by atoms with E-state index in [1.54, 1.807) is 18.3 Å². The van der Waals surface area contributed by atoms with Gasteiger partial charge in [-0.05, 0) is 17.7 Å². The van der Waals surface area contributed by atoms with Crippen LogP contribution >= 0.6 is 11.6 Å². The number of H-pyrrole nitrogens is 1. The lowest BCUT2D eigenvalue weighted by atomic mass is 10.2. The van der Waals surface area contributed by atoms with Crippen molar-refractivity contribution < 1.29 is 9.32 Å². The number of amides is 1. The Kier molecular flexibility index (Phi) is 5.66. The van der Waals surface area contributed by atoms with E-state index in [4.69, 9.17) is 16.1 Å². The number of hydrogen-bond acceptors (Lipinski definition) is 7. The van der Waals surface area contributed by atoms with Gasteiger partial charge in [0.15, 0.2) is 5.82 Å². The quantitative estimate of drug-likeness (QED) is 0.464. The van der Waals surface area contributed by atoms with Gasteiger partial charge in [-0.2, -0.15) is 10.1 Å². The summed E-state index contributed by atoms with van der Waals surface area (Å²) in [5, 5.41) is 13.5.